The first-order chi connectivity index (χ1) is 6.69. The van der Waals surface area contributed by atoms with E-state index in [1.54, 1.807) is 12.1 Å². The van der Waals surface area contributed by atoms with Crippen LogP contribution in [-0.2, 0) is 0 Å². The first kappa shape index (κ1) is 10.7. The van der Waals surface area contributed by atoms with Gasteiger partial charge in [0, 0.05) is 5.03 Å². The molecule has 0 amide bonds. The van der Waals surface area contributed by atoms with Crippen molar-refractivity contribution in [3.05, 3.63) is 41.2 Å². The normalized spacial score (nSPS) is 11.1. The molecule has 0 saturated heterocycles. The molecular formula is C11H9ClFN. The lowest BCUT2D eigenvalue weighted by molar-refractivity contribution is 0.624. The van der Waals surface area contributed by atoms with E-state index < -0.39 is 5.82 Å². The van der Waals surface area contributed by atoms with E-state index in [1.165, 1.54) is 12.1 Å². The maximum absolute atomic E-state index is 12.9. The average molecular weight is 210 g/mol. The highest BCUT2D eigenvalue weighted by Crippen LogP contribution is 2.21. The van der Waals surface area contributed by atoms with Crippen LogP contribution in [-0.4, -0.2) is 0 Å². The Bertz CT molecular complexity index is 404. The molecule has 0 unspecified atom stereocenters. The first-order valence-electron chi connectivity index (χ1n) is 4.24. The third-order valence-corrected chi connectivity index (χ3v) is 2.12. The second-order valence-corrected chi connectivity index (χ2v) is 3.17. The highest BCUT2D eigenvalue weighted by atomic mass is 35.5. The molecule has 0 heterocycles. The molecule has 0 aromatic heterocycles. The van der Waals surface area contributed by atoms with Crippen molar-refractivity contribution in [3.8, 4) is 6.07 Å². The van der Waals surface area contributed by atoms with Crippen LogP contribution in [0.2, 0.25) is 0 Å². The van der Waals surface area contributed by atoms with Crippen LogP contribution in [0.3, 0.4) is 0 Å². The fourth-order valence-corrected chi connectivity index (χ4v) is 1.33. The largest absolute Gasteiger partial charge is 0.206 e. The van der Waals surface area contributed by atoms with E-state index in [1.807, 2.05) is 13.0 Å². The molecule has 0 aliphatic carbocycles. The van der Waals surface area contributed by atoms with Gasteiger partial charge in [0.1, 0.15) is 11.9 Å². The summed E-state index contributed by atoms with van der Waals surface area (Å²) in [6, 6.07) is 6.03. The van der Waals surface area contributed by atoms with Crippen molar-refractivity contribution in [2.45, 2.75) is 13.3 Å². The van der Waals surface area contributed by atoms with E-state index in [0.717, 1.165) is 6.42 Å². The lowest BCUT2D eigenvalue weighted by Crippen LogP contribution is -1.86. The SMILES string of the molecule is CC/C=C(\Cl)c1ccc(F)c(C#N)c1. The zero-order valence-electron chi connectivity index (χ0n) is 7.72. The third kappa shape index (κ3) is 2.34. The van der Waals surface area contributed by atoms with E-state index in [-0.39, 0.29) is 5.56 Å². The molecule has 0 aliphatic heterocycles. The van der Waals surface area contributed by atoms with E-state index >= 15 is 0 Å². The number of rotatable bonds is 2. The molecule has 0 radical (unpaired) electrons. The number of allylic oxidation sites excluding steroid dienone is 1. The Hall–Kier alpha value is -1.33. The van der Waals surface area contributed by atoms with Crippen molar-refractivity contribution < 1.29 is 4.39 Å². The molecule has 1 aromatic rings. The predicted octanol–water partition coefficient (Wildman–Crippen LogP) is 3.69. The fourth-order valence-electron chi connectivity index (χ4n) is 1.06. The van der Waals surface area contributed by atoms with Crippen molar-refractivity contribution >= 4 is 16.6 Å². The molecule has 14 heavy (non-hydrogen) atoms. The second-order valence-electron chi connectivity index (χ2n) is 2.77. The van der Waals surface area contributed by atoms with E-state index in [2.05, 4.69) is 0 Å². The van der Waals surface area contributed by atoms with Crippen LogP contribution in [0.4, 0.5) is 4.39 Å². The van der Waals surface area contributed by atoms with Gasteiger partial charge in [-0.3, -0.25) is 0 Å². The molecular weight excluding hydrogens is 201 g/mol. The summed E-state index contributed by atoms with van der Waals surface area (Å²) >= 11 is 5.92. The highest BCUT2D eigenvalue weighted by Gasteiger charge is 2.04. The van der Waals surface area contributed by atoms with Gasteiger partial charge in [-0.2, -0.15) is 5.26 Å². The summed E-state index contributed by atoms with van der Waals surface area (Å²) in [5.41, 5.74) is 0.691. The van der Waals surface area contributed by atoms with Gasteiger partial charge in [0.05, 0.1) is 5.56 Å². The zero-order chi connectivity index (χ0) is 10.6. The van der Waals surface area contributed by atoms with Crippen LogP contribution in [0.15, 0.2) is 24.3 Å². The average Bonchev–Trinajstić information content (AvgIpc) is 2.19. The van der Waals surface area contributed by atoms with Gasteiger partial charge >= 0.3 is 0 Å². The van der Waals surface area contributed by atoms with Gasteiger partial charge in [0.2, 0.25) is 0 Å². The predicted molar refractivity (Wildman–Crippen MR) is 55.2 cm³/mol. The van der Waals surface area contributed by atoms with Crippen molar-refractivity contribution in [3.63, 3.8) is 0 Å². The van der Waals surface area contributed by atoms with Gasteiger partial charge in [-0.25, -0.2) is 4.39 Å². The number of nitriles is 1. The number of benzene rings is 1. The Morgan fingerprint density at radius 1 is 1.64 bits per heavy atom. The summed E-state index contributed by atoms with van der Waals surface area (Å²) in [4.78, 5) is 0. The number of halogens is 2. The summed E-state index contributed by atoms with van der Waals surface area (Å²) in [5, 5.41) is 9.15. The van der Waals surface area contributed by atoms with Crippen LogP contribution >= 0.6 is 11.6 Å². The van der Waals surface area contributed by atoms with E-state index in [9.17, 15) is 4.39 Å². The lowest BCUT2D eigenvalue weighted by Gasteiger charge is -2.00. The Kier molecular flexibility index (Phi) is 3.67. The minimum atomic E-state index is -0.516. The van der Waals surface area contributed by atoms with Gasteiger partial charge in [-0.05, 0) is 24.1 Å². The number of nitrogens with zero attached hydrogens (tertiary/aromatic N) is 1. The second kappa shape index (κ2) is 4.78. The topological polar surface area (TPSA) is 23.8 Å². The minimum Gasteiger partial charge on any atom is -0.206 e. The van der Waals surface area contributed by atoms with Gasteiger partial charge < -0.3 is 0 Å². The highest BCUT2D eigenvalue weighted by molar-refractivity contribution is 6.48. The molecule has 1 nitrogen and oxygen atoms in total. The molecule has 0 atom stereocenters. The monoisotopic (exact) mass is 209 g/mol. The molecule has 0 aliphatic rings. The summed E-state index contributed by atoms with van der Waals surface area (Å²) in [5.74, 6) is -0.516. The zero-order valence-corrected chi connectivity index (χ0v) is 8.48. The van der Waals surface area contributed by atoms with Crippen LogP contribution in [0.1, 0.15) is 24.5 Å². The van der Waals surface area contributed by atoms with Crippen LogP contribution in [0.25, 0.3) is 5.03 Å². The van der Waals surface area contributed by atoms with Gasteiger partial charge in [-0.1, -0.05) is 30.7 Å². The molecule has 0 saturated carbocycles. The summed E-state index contributed by atoms with van der Waals surface area (Å²) in [6.45, 7) is 1.96. The van der Waals surface area contributed by atoms with E-state index in [0.29, 0.717) is 10.6 Å². The Morgan fingerprint density at radius 2 is 2.36 bits per heavy atom. The standard InChI is InChI=1S/C11H9ClFN/c1-2-3-10(12)8-4-5-11(13)9(6-8)7-14/h3-6H,2H2,1H3/b10-3-. The minimum absolute atomic E-state index is 0.0187. The molecule has 0 fully saturated rings. The van der Waals surface area contributed by atoms with Gasteiger partial charge in [-0.15, -0.1) is 0 Å². The molecule has 3 heteroatoms. The number of hydrogen-bond donors (Lipinski definition) is 0. The van der Waals surface area contributed by atoms with Crippen molar-refractivity contribution in [1.82, 2.24) is 0 Å². The summed E-state index contributed by atoms with van der Waals surface area (Å²) in [7, 11) is 0. The maximum Gasteiger partial charge on any atom is 0.140 e. The van der Waals surface area contributed by atoms with Crippen molar-refractivity contribution in [2.75, 3.05) is 0 Å². The number of hydrogen-bond acceptors (Lipinski definition) is 1. The molecule has 1 aromatic carbocycles. The van der Waals surface area contributed by atoms with Crippen LogP contribution < -0.4 is 0 Å². The van der Waals surface area contributed by atoms with Crippen LogP contribution in [0.5, 0.6) is 0 Å². The molecule has 0 bridgehead atoms. The first-order valence-corrected chi connectivity index (χ1v) is 4.62. The Morgan fingerprint density at radius 3 is 2.93 bits per heavy atom. The maximum atomic E-state index is 12.9. The van der Waals surface area contributed by atoms with Crippen molar-refractivity contribution in [2.24, 2.45) is 0 Å². The van der Waals surface area contributed by atoms with E-state index in [4.69, 9.17) is 16.9 Å². The smallest absolute Gasteiger partial charge is 0.140 e. The summed E-state index contributed by atoms with van der Waals surface area (Å²) in [6.07, 6.45) is 2.62. The van der Waals surface area contributed by atoms with Crippen LogP contribution in [0, 0.1) is 17.1 Å². The van der Waals surface area contributed by atoms with Gasteiger partial charge in [0.15, 0.2) is 0 Å². The Balaban J connectivity index is 3.14. The molecule has 72 valence electrons. The summed E-state index contributed by atoms with van der Waals surface area (Å²) < 4.78 is 12.9. The van der Waals surface area contributed by atoms with Crippen molar-refractivity contribution in [1.29, 1.82) is 5.26 Å². The van der Waals surface area contributed by atoms with Gasteiger partial charge in [0.25, 0.3) is 0 Å². The Labute approximate surface area is 87.4 Å². The molecule has 1 rings (SSSR count). The quantitative estimate of drug-likeness (QED) is 0.729. The molecule has 0 N–H and O–H groups in total. The molecule has 0 spiro atoms. The fraction of sp³-hybridized carbons (Fsp3) is 0.182. The third-order valence-electron chi connectivity index (χ3n) is 1.75. The lowest BCUT2D eigenvalue weighted by atomic mass is 10.1.